The third-order valence-corrected chi connectivity index (χ3v) is 3.54. The van der Waals surface area contributed by atoms with Gasteiger partial charge in [-0.25, -0.2) is 4.99 Å². The summed E-state index contributed by atoms with van der Waals surface area (Å²) in [5.74, 6) is 0.832. The van der Waals surface area contributed by atoms with Crippen LogP contribution in [-0.4, -0.2) is 31.3 Å². The van der Waals surface area contributed by atoms with Crippen LogP contribution in [0.4, 0.5) is 0 Å². The number of nitrogens with one attached hydrogen (secondary N) is 1. The fraction of sp³-hybridized carbons (Fsp3) is 0.294. The maximum atomic E-state index is 5.50. The number of hydrogen-bond acceptors (Lipinski definition) is 4. The van der Waals surface area contributed by atoms with E-state index >= 15 is 0 Å². The Balaban J connectivity index is 1.93. The van der Waals surface area contributed by atoms with Gasteiger partial charge in [-0.05, 0) is 17.7 Å². The molecule has 1 atom stereocenters. The summed E-state index contributed by atoms with van der Waals surface area (Å²) in [5, 5.41) is 3.15. The Labute approximate surface area is 130 Å². The molecule has 1 aliphatic heterocycles. The molecule has 114 valence electrons. The van der Waals surface area contributed by atoms with Crippen molar-refractivity contribution in [1.82, 2.24) is 10.3 Å². The zero-order chi connectivity index (χ0) is 15.2. The van der Waals surface area contributed by atoms with Crippen molar-refractivity contribution in [1.29, 1.82) is 0 Å². The van der Waals surface area contributed by atoms with Crippen molar-refractivity contribution in [2.24, 2.45) is 4.99 Å². The number of nitrogens with zero attached hydrogens (tertiary/aromatic N) is 2. The molecule has 5 heteroatoms. The second-order valence-electron chi connectivity index (χ2n) is 5.03. The van der Waals surface area contributed by atoms with Crippen molar-refractivity contribution in [2.75, 3.05) is 20.3 Å². The van der Waals surface area contributed by atoms with Crippen LogP contribution in [0.1, 0.15) is 17.2 Å². The lowest BCUT2D eigenvalue weighted by Crippen LogP contribution is -2.17. The van der Waals surface area contributed by atoms with Crippen LogP contribution < -0.4 is 10.1 Å². The number of para-hydroxylation sites is 1. The van der Waals surface area contributed by atoms with Crippen molar-refractivity contribution in [3.63, 3.8) is 0 Å². The van der Waals surface area contributed by atoms with Gasteiger partial charge in [-0.15, -0.1) is 0 Å². The van der Waals surface area contributed by atoms with E-state index in [2.05, 4.69) is 16.4 Å². The van der Waals surface area contributed by atoms with Gasteiger partial charge in [0.15, 0.2) is 0 Å². The first-order chi connectivity index (χ1) is 10.9. The number of ether oxygens (including phenoxy) is 2. The molecule has 3 rings (SSSR count). The molecule has 0 spiro atoms. The number of methoxy groups -OCH3 is 1. The zero-order valence-electron chi connectivity index (χ0n) is 12.5. The van der Waals surface area contributed by atoms with E-state index in [4.69, 9.17) is 14.5 Å². The molecule has 1 N–H and O–H groups in total. The predicted molar refractivity (Wildman–Crippen MR) is 85.1 cm³/mol. The highest BCUT2D eigenvalue weighted by atomic mass is 16.5. The molecular formula is C17H19N3O2. The van der Waals surface area contributed by atoms with Gasteiger partial charge in [0, 0.05) is 24.4 Å². The Morgan fingerprint density at radius 3 is 2.95 bits per heavy atom. The average molecular weight is 297 g/mol. The van der Waals surface area contributed by atoms with Crippen LogP contribution in [0.3, 0.4) is 0 Å². The smallest absolute Gasteiger partial charge is 0.285 e. The molecule has 0 amide bonds. The summed E-state index contributed by atoms with van der Waals surface area (Å²) < 4.78 is 11.0. The Hall–Kier alpha value is -2.56. The molecule has 0 radical (unpaired) electrons. The number of amidine groups is 1. The summed E-state index contributed by atoms with van der Waals surface area (Å²) in [4.78, 5) is 8.90. The molecule has 1 aliphatic rings. The first-order valence-corrected chi connectivity index (χ1v) is 7.33. The summed E-state index contributed by atoms with van der Waals surface area (Å²) in [6, 6.07) is 12.5. The molecular weight excluding hydrogens is 278 g/mol. The predicted octanol–water partition coefficient (Wildman–Crippen LogP) is 2.35. The molecule has 0 bridgehead atoms. The van der Waals surface area contributed by atoms with E-state index in [1.54, 1.807) is 13.3 Å². The number of hydrogen-bond donors (Lipinski definition) is 1. The number of aliphatic imine (C=N–C) groups is 1. The molecule has 0 aliphatic carbocycles. The first-order valence-electron chi connectivity index (χ1n) is 7.33. The summed E-state index contributed by atoms with van der Waals surface area (Å²) in [7, 11) is 1.68. The van der Waals surface area contributed by atoms with Crippen molar-refractivity contribution < 1.29 is 9.47 Å². The van der Waals surface area contributed by atoms with Gasteiger partial charge in [-0.1, -0.05) is 24.3 Å². The van der Waals surface area contributed by atoms with Gasteiger partial charge in [0.1, 0.15) is 12.4 Å². The molecule has 1 aromatic heterocycles. The summed E-state index contributed by atoms with van der Waals surface area (Å²) >= 11 is 0. The SMILES string of the molecule is COc1ccccc1C(Cc1cccnc1)/N=C1/NCCO1. The lowest BCUT2D eigenvalue weighted by molar-refractivity contribution is 0.348. The van der Waals surface area contributed by atoms with Gasteiger partial charge in [0.25, 0.3) is 6.02 Å². The van der Waals surface area contributed by atoms with Gasteiger partial charge in [-0.3, -0.25) is 4.98 Å². The molecule has 2 aromatic rings. The molecule has 1 fully saturated rings. The molecule has 2 heterocycles. The fourth-order valence-corrected chi connectivity index (χ4v) is 2.49. The molecule has 5 nitrogen and oxygen atoms in total. The minimum absolute atomic E-state index is 0.0825. The molecule has 1 saturated heterocycles. The van der Waals surface area contributed by atoms with Gasteiger partial charge in [0.05, 0.1) is 19.7 Å². The number of pyridine rings is 1. The van der Waals surface area contributed by atoms with E-state index in [0.717, 1.165) is 29.8 Å². The lowest BCUT2D eigenvalue weighted by Gasteiger charge is -2.17. The van der Waals surface area contributed by atoms with Crippen LogP contribution in [0.5, 0.6) is 5.75 Å². The third-order valence-electron chi connectivity index (χ3n) is 3.54. The van der Waals surface area contributed by atoms with Crippen LogP contribution >= 0.6 is 0 Å². The Kier molecular flexibility index (Phi) is 4.53. The molecule has 1 unspecified atom stereocenters. The summed E-state index contributed by atoms with van der Waals surface area (Å²) in [6.45, 7) is 1.45. The van der Waals surface area contributed by atoms with E-state index in [-0.39, 0.29) is 6.04 Å². The standard InChI is InChI=1S/C17H19N3O2/c1-21-16-7-3-2-6-14(16)15(20-17-19-9-10-22-17)11-13-5-4-8-18-12-13/h2-8,12,15H,9-11H2,1H3,(H,19,20). The Morgan fingerprint density at radius 1 is 1.32 bits per heavy atom. The molecule has 22 heavy (non-hydrogen) atoms. The van der Waals surface area contributed by atoms with E-state index in [0.29, 0.717) is 12.6 Å². The van der Waals surface area contributed by atoms with Crippen molar-refractivity contribution in [3.8, 4) is 5.75 Å². The van der Waals surface area contributed by atoms with E-state index in [1.165, 1.54) is 0 Å². The molecule has 1 aromatic carbocycles. The highest BCUT2D eigenvalue weighted by Crippen LogP contribution is 2.30. The highest BCUT2D eigenvalue weighted by Gasteiger charge is 2.19. The third kappa shape index (κ3) is 3.36. The monoisotopic (exact) mass is 297 g/mol. The Morgan fingerprint density at radius 2 is 2.23 bits per heavy atom. The molecule has 0 saturated carbocycles. The second-order valence-corrected chi connectivity index (χ2v) is 5.03. The van der Waals surface area contributed by atoms with E-state index in [9.17, 15) is 0 Å². The first kappa shape index (κ1) is 14.4. The highest BCUT2D eigenvalue weighted by molar-refractivity contribution is 5.75. The summed E-state index contributed by atoms with van der Waals surface area (Å²) in [5.41, 5.74) is 2.17. The van der Waals surface area contributed by atoms with Gasteiger partial charge < -0.3 is 14.8 Å². The fourth-order valence-electron chi connectivity index (χ4n) is 2.49. The van der Waals surface area contributed by atoms with Crippen LogP contribution in [0.15, 0.2) is 53.8 Å². The largest absolute Gasteiger partial charge is 0.496 e. The average Bonchev–Trinajstić information content (AvgIpc) is 3.08. The lowest BCUT2D eigenvalue weighted by atomic mass is 9.99. The topological polar surface area (TPSA) is 55.7 Å². The zero-order valence-corrected chi connectivity index (χ0v) is 12.5. The van der Waals surface area contributed by atoms with E-state index < -0.39 is 0 Å². The van der Waals surface area contributed by atoms with Crippen molar-refractivity contribution >= 4 is 6.02 Å². The van der Waals surface area contributed by atoms with Crippen LogP contribution in [0.25, 0.3) is 0 Å². The van der Waals surface area contributed by atoms with E-state index in [1.807, 2.05) is 36.5 Å². The van der Waals surface area contributed by atoms with Crippen LogP contribution in [-0.2, 0) is 11.2 Å². The number of benzene rings is 1. The quantitative estimate of drug-likeness (QED) is 0.920. The Bertz CT molecular complexity index is 635. The van der Waals surface area contributed by atoms with Gasteiger partial charge >= 0.3 is 0 Å². The number of aromatic nitrogens is 1. The number of rotatable bonds is 5. The van der Waals surface area contributed by atoms with Crippen molar-refractivity contribution in [2.45, 2.75) is 12.5 Å². The van der Waals surface area contributed by atoms with Gasteiger partial charge in [-0.2, -0.15) is 0 Å². The minimum atomic E-state index is -0.0825. The normalized spacial score (nSPS) is 16.9. The van der Waals surface area contributed by atoms with Gasteiger partial charge in [0.2, 0.25) is 0 Å². The maximum Gasteiger partial charge on any atom is 0.285 e. The summed E-state index contributed by atoms with van der Waals surface area (Å²) in [6.07, 6.45) is 4.38. The van der Waals surface area contributed by atoms with Crippen molar-refractivity contribution in [3.05, 3.63) is 59.9 Å². The maximum absolute atomic E-state index is 5.50. The second kappa shape index (κ2) is 6.93. The van der Waals surface area contributed by atoms with Crippen LogP contribution in [0.2, 0.25) is 0 Å². The minimum Gasteiger partial charge on any atom is -0.496 e. The van der Waals surface area contributed by atoms with Crippen LogP contribution in [0, 0.1) is 0 Å².